The first-order chi connectivity index (χ1) is 4.00. The van der Waals surface area contributed by atoms with Gasteiger partial charge in [0.2, 0.25) is 0 Å². The van der Waals surface area contributed by atoms with Crippen molar-refractivity contribution >= 4 is 20.8 Å². The number of hydrogen-bond acceptors (Lipinski definition) is 8. The molecule has 112 valence electrons. The van der Waals surface area contributed by atoms with Gasteiger partial charge in [0, 0.05) is 20.8 Å². The molecule has 0 atom stereocenters. The van der Waals surface area contributed by atoms with E-state index in [0.29, 0.717) is 0 Å². The quantitative estimate of drug-likeness (QED) is 0.266. The summed E-state index contributed by atoms with van der Waals surface area (Å²) in [5.74, 6) is 0. The van der Waals surface area contributed by atoms with Gasteiger partial charge >= 0.3 is 0 Å². The maximum atomic E-state index is 8.52. The molecule has 0 aliphatic rings. The average Bonchev–Trinajstić information content (AvgIpc) is 1.12. The Hall–Kier alpha value is -0.500. The molecule has 0 bridgehead atoms. The highest BCUT2D eigenvalue weighted by molar-refractivity contribution is 7.79. The van der Waals surface area contributed by atoms with Crippen LogP contribution < -0.4 is 24.6 Å². The Morgan fingerprint density at radius 1 is 0.500 bits per heavy atom. The second-order valence-electron chi connectivity index (χ2n) is 0.816. The summed E-state index contributed by atoms with van der Waals surface area (Å²) in [4.78, 5) is 0. The lowest BCUT2D eigenvalue weighted by Gasteiger charge is -2.06. The Labute approximate surface area is 92.1 Å². The molecule has 0 amide bonds. The van der Waals surface area contributed by atoms with Crippen LogP contribution in [0.2, 0.25) is 0 Å². The molecule has 0 aromatic carbocycles. The number of quaternary nitrogens is 4. The highest BCUT2D eigenvalue weighted by Gasteiger charge is 1.50. The topological polar surface area (TPSA) is 370 Å². The SMILES string of the molecule is O.O.O=S(=O)([O-])[O-].O=S(=O)([O-])[O-].[NH4+].[NH4+].[NH4+].[NH4+]. The summed E-state index contributed by atoms with van der Waals surface area (Å²) in [6.07, 6.45) is 0. The molecule has 0 spiro atoms. The van der Waals surface area contributed by atoms with Gasteiger partial charge in [0.25, 0.3) is 0 Å². The molecule has 0 saturated carbocycles. The maximum absolute atomic E-state index is 8.52. The molecule has 0 fully saturated rings. The average molecular weight is 300 g/mol. The van der Waals surface area contributed by atoms with Crippen molar-refractivity contribution in [2.45, 2.75) is 0 Å². The Bertz CT molecular complexity index is 217. The summed E-state index contributed by atoms with van der Waals surface area (Å²) >= 11 is 0. The van der Waals surface area contributed by atoms with Crippen molar-refractivity contribution in [2.75, 3.05) is 0 Å². The molecular weight excluding hydrogens is 280 g/mol. The molecule has 14 nitrogen and oxygen atoms in total. The molecule has 16 heteroatoms. The third kappa shape index (κ3) is 8440. The number of hydrogen-bond donors (Lipinski definition) is 4. The van der Waals surface area contributed by atoms with Crippen molar-refractivity contribution in [3.63, 3.8) is 0 Å². The monoisotopic (exact) mass is 300 g/mol. The van der Waals surface area contributed by atoms with E-state index in [1.165, 1.54) is 0 Å². The molecule has 0 rings (SSSR count). The van der Waals surface area contributed by atoms with E-state index in [4.69, 9.17) is 35.0 Å². The van der Waals surface area contributed by atoms with Crippen LogP contribution in [0.5, 0.6) is 0 Å². The van der Waals surface area contributed by atoms with Gasteiger partial charge in [-0.1, -0.05) is 0 Å². The van der Waals surface area contributed by atoms with Gasteiger partial charge in [-0.2, -0.15) is 0 Å². The van der Waals surface area contributed by atoms with E-state index in [9.17, 15) is 0 Å². The molecule has 0 heterocycles. The minimum Gasteiger partial charge on any atom is -0.759 e. The first-order valence-corrected chi connectivity index (χ1v) is 4.00. The predicted octanol–water partition coefficient (Wildman–Crippen LogP) is -2.82. The van der Waals surface area contributed by atoms with E-state index >= 15 is 0 Å². The Morgan fingerprint density at radius 2 is 0.500 bits per heavy atom. The number of rotatable bonds is 0. The van der Waals surface area contributed by atoms with E-state index in [-0.39, 0.29) is 35.6 Å². The molecule has 0 saturated heterocycles. The van der Waals surface area contributed by atoms with Crippen molar-refractivity contribution in [3.8, 4) is 0 Å². The second kappa shape index (κ2) is 20.0. The van der Waals surface area contributed by atoms with Gasteiger partial charge in [-0.25, -0.2) is 0 Å². The predicted molar refractivity (Wildman–Crippen MR) is 52.1 cm³/mol. The van der Waals surface area contributed by atoms with Crippen LogP contribution in [0.15, 0.2) is 0 Å². The zero-order valence-corrected chi connectivity index (χ0v) is 10.7. The van der Waals surface area contributed by atoms with E-state index < -0.39 is 20.8 Å². The van der Waals surface area contributed by atoms with E-state index in [1.807, 2.05) is 0 Å². The van der Waals surface area contributed by atoms with Crippen LogP contribution in [0.25, 0.3) is 0 Å². The minimum atomic E-state index is -5.17. The first kappa shape index (κ1) is 57.9. The summed E-state index contributed by atoms with van der Waals surface area (Å²) in [6.45, 7) is 0. The van der Waals surface area contributed by atoms with E-state index in [1.54, 1.807) is 0 Å². The Morgan fingerprint density at radius 3 is 0.500 bits per heavy atom. The molecule has 0 aliphatic carbocycles. The second-order valence-corrected chi connectivity index (χ2v) is 2.45. The van der Waals surface area contributed by atoms with Gasteiger partial charge in [0.15, 0.2) is 0 Å². The lowest BCUT2D eigenvalue weighted by molar-refractivity contribution is 0.350. The summed E-state index contributed by atoms with van der Waals surface area (Å²) in [5, 5.41) is 0. The van der Waals surface area contributed by atoms with Crippen LogP contribution >= 0.6 is 0 Å². The van der Waals surface area contributed by atoms with Gasteiger partial charge in [-0.15, -0.1) is 0 Å². The van der Waals surface area contributed by atoms with E-state index in [2.05, 4.69) is 0 Å². The molecular formula is H20N4O10S2. The highest BCUT2D eigenvalue weighted by Crippen LogP contribution is 1.58. The lowest BCUT2D eigenvalue weighted by Crippen LogP contribution is -1.91. The van der Waals surface area contributed by atoms with Gasteiger partial charge < -0.3 is 53.8 Å². The minimum absolute atomic E-state index is 0. The van der Waals surface area contributed by atoms with Crippen molar-refractivity contribution in [3.05, 3.63) is 0 Å². The molecule has 0 aromatic heterocycles. The standard InChI is InChI=1S/4H3N.2H2O4S.2H2O/c;;;;2*1-5(2,3)4;;/h4*1H3;2*(H2,1,2,3,4);2*1H2. The van der Waals surface area contributed by atoms with Crippen molar-refractivity contribution in [2.24, 2.45) is 0 Å². The van der Waals surface area contributed by atoms with Crippen LogP contribution in [-0.2, 0) is 20.8 Å². The Kier molecular flexibility index (Phi) is 72.4. The highest BCUT2D eigenvalue weighted by atomic mass is 32.3. The van der Waals surface area contributed by atoms with Crippen LogP contribution in [-0.4, -0.2) is 46.0 Å². The van der Waals surface area contributed by atoms with Crippen LogP contribution in [0, 0.1) is 0 Å². The summed E-state index contributed by atoms with van der Waals surface area (Å²) in [6, 6.07) is 0. The third-order valence-corrected chi connectivity index (χ3v) is 0. The van der Waals surface area contributed by atoms with Gasteiger partial charge in [0.05, 0.1) is 0 Å². The Balaban J connectivity index is -0.00000000970. The smallest absolute Gasteiger partial charge is 0.0311 e. The molecule has 16 heavy (non-hydrogen) atoms. The summed E-state index contributed by atoms with van der Waals surface area (Å²) in [7, 11) is -10.3. The maximum Gasteiger partial charge on any atom is 0.0311 e. The van der Waals surface area contributed by atoms with E-state index in [0.717, 1.165) is 0 Å². The fourth-order valence-corrected chi connectivity index (χ4v) is 0. The van der Waals surface area contributed by atoms with Crippen molar-refractivity contribution in [1.29, 1.82) is 0 Å². The molecule has 0 radical (unpaired) electrons. The molecule has 0 unspecified atom stereocenters. The summed E-state index contributed by atoms with van der Waals surface area (Å²) < 4.78 is 68.2. The van der Waals surface area contributed by atoms with Gasteiger partial charge in [-0.05, 0) is 0 Å². The fourth-order valence-electron chi connectivity index (χ4n) is 0. The van der Waals surface area contributed by atoms with Crippen LogP contribution in [0.4, 0.5) is 0 Å². The normalized spacial score (nSPS) is 7.25. The summed E-state index contributed by atoms with van der Waals surface area (Å²) in [5.41, 5.74) is 0. The zero-order valence-electron chi connectivity index (χ0n) is 9.08. The molecule has 0 aliphatic heterocycles. The lowest BCUT2D eigenvalue weighted by atomic mass is 14.0. The van der Waals surface area contributed by atoms with Gasteiger partial charge in [0.1, 0.15) is 0 Å². The van der Waals surface area contributed by atoms with Crippen molar-refractivity contribution in [1.82, 2.24) is 24.6 Å². The van der Waals surface area contributed by atoms with Gasteiger partial charge in [-0.3, -0.25) is 16.8 Å². The van der Waals surface area contributed by atoms with Crippen molar-refractivity contribution < 1.29 is 46.0 Å². The molecule has 0 aromatic rings. The zero-order chi connectivity index (χ0) is 9.00. The third-order valence-electron chi connectivity index (χ3n) is 0. The first-order valence-electron chi connectivity index (χ1n) is 1.33. The van der Waals surface area contributed by atoms with Crippen LogP contribution in [0.3, 0.4) is 0 Å². The largest absolute Gasteiger partial charge is 0.759 e. The fraction of sp³-hybridized carbons (Fsp3) is 0. The van der Waals surface area contributed by atoms with Crippen LogP contribution in [0.1, 0.15) is 0 Å². The molecule has 20 N–H and O–H groups in total.